The van der Waals surface area contributed by atoms with Crippen LogP contribution in [0.5, 0.6) is 5.75 Å². The molecule has 114 valence electrons. The van der Waals surface area contributed by atoms with Crippen molar-refractivity contribution in [3.63, 3.8) is 0 Å². The largest absolute Gasteiger partial charge is 0.573 e. The average molecular weight is 292 g/mol. The Balaban J connectivity index is 2.43. The standard InChI is InChI=1S/C13H19F3N2O2/c1-18(2)9-11(19)8-17-7-10-4-3-5-12(6-10)20-13(14,15)16/h3-6,11,17,19H,7-9H2,1-2H3. The van der Waals surface area contributed by atoms with E-state index in [1.807, 2.05) is 19.0 Å². The highest BCUT2D eigenvalue weighted by atomic mass is 19.4. The van der Waals surface area contributed by atoms with Crippen LogP contribution in [0.3, 0.4) is 0 Å². The summed E-state index contributed by atoms with van der Waals surface area (Å²) in [6.07, 6.45) is -5.21. The van der Waals surface area contributed by atoms with Gasteiger partial charge in [0, 0.05) is 19.6 Å². The first-order chi connectivity index (χ1) is 9.26. The highest BCUT2D eigenvalue weighted by Gasteiger charge is 2.31. The normalized spacial score (nSPS) is 13.6. The number of alkyl halides is 3. The Morgan fingerprint density at radius 2 is 2.05 bits per heavy atom. The maximum atomic E-state index is 12.1. The van der Waals surface area contributed by atoms with E-state index in [-0.39, 0.29) is 5.75 Å². The molecule has 4 nitrogen and oxygen atoms in total. The summed E-state index contributed by atoms with van der Waals surface area (Å²) in [5, 5.41) is 12.6. The molecular weight excluding hydrogens is 273 g/mol. The number of hydrogen-bond donors (Lipinski definition) is 2. The second-order valence-corrected chi connectivity index (χ2v) is 4.74. The number of halogens is 3. The van der Waals surface area contributed by atoms with Gasteiger partial charge in [-0.15, -0.1) is 13.2 Å². The Bertz CT molecular complexity index is 411. The number of hydrogen-bond acceptors (Lipinski definition) is 4. The van der Waals surface area contributed by atoms with Crippen molar-refractivity contribution in [2.24, 2.45) is 0 Å². The maximum absolute atomic E-state index is 12.1. The van der Waals surface area contributed by atoms with E-state index in [9.17, 15) is 18.3 Å². The van der Waals surface area contributed by atoms with Crippen LogP contribution in [-0.2, 0) is 6.54 Å². The van der Waals surface area contributed by atoms with Crippen LogP contribution in [0.2, 0.25) is 0 Å². The predicted octanol–water partition coefficient (Wildman–Crippen LogP) is 1.60. The first-order valence-electron chi connectivity index (χ1n) is 6.14. The number of rotatable bonds is 7. The van der Waals surface area contributed by atoms with Crippen molar-refractivity contribution in [1.29, 1.82) is 0 Å². The molecule has 0 bridgehead atoms. The first kappa shape index (κ1) is 16.7. The van der Waals surface area contributed by atoms with Gasteiger partial charge in [0.25, 0.3) is 0 Å². The molecule has 0 aromatic heterocycles. The van der Waals surface area contributed by atoms with E-state index < -0.39 is 12.5 Å². The molecule has 0 spiro atoms. The summed E-state index contributed by atoms with van der Waals surface area (Å²) in [6.45, 7) is 1.24. The third-order valence-corrected chi connectivity index (χ3v) is 2.42. The van der Waals surface area contributed by atoms with Gasteiger partial charge >= 0.3 is 6.36 Å². The molecule has 0 saturated heterocycles. The minimum atomic E-state index is -4.69. The highest BCUT2D eigenvalue weighted by molar-refractivity contribution is 5.28. The van der Waals surface area contributed by atoms with Gasteiger partial charge < -0.3 is 20.1 Å². The van der Waals surface area contributed by atoms with Crippen molar-refractivity contribution in [2.75, 3.05) is 27.2 Å². The molecule has 0 aliphatic carbocycles. The minimum Gasteiger partial charge on any atom is -0.406 e. The zero-order valence-corrected chi connectivity index (χ0v) is 11.4. The molecule has 1 unspecified atom stereocenters. The van der Waals surface area contributed by atoms with Gasteiger partial charge in [-0.3, -0.25) is 0 Å². The van der Waals surface area contributed by atoms with Gasteiger partial charge in [0.05, 0.1) is 6.10 Å². The first-order valence-corrected chi connectivity index (χ1v) is 6.14. The van der Waals surface area contributed by atoms with E-state index in [2.05, 4.69) is 10.1 Å². The van der Waals surface area contributed by atoms with Crippen molar-refractivity contribution in [1.82, 2.24) is 10.2 Å². The van der Waals surface area contributed by atoms with Gasteiger partial charge in [-0.05, 0) is 31.8 Å². The van der Waals surface area contributed by atoms with Gasteiger partial charge in [0.2, 0.25) is 0 Å². The summed E-state index contributed by atoms with van der Waals surface area (Å²) >= 11 is 0. The van der Waals surface area contributed by atoms with Crippen molar-refractivity contribution in [2.45, 2.75) is 19.0 Å². The van der Waals surface area contributed by atoms with E-state index in [0.29, 0.717) is 25.2 Å². The summed E-state index contributed by atoms with van der Waals surface area (Å²) in [5.41, 5.74) is 0.656. The highest BCUT2D eigenvalue weighted by Crippen LogP contribution is 2.23. The fourth-order valence-electron chi connectivity index (χ4n) is 1.72. The summed E-state index contributed by atoms with van der Waals surface area (Å²) in [5.74, 6) is -0.245. The SMILES string of the molecule is CN(C)CC(O)CNCc1cccc(OC(F)(F)F)c1. The lowest BCUT2D eigenvalue weighted by Gasteiger charge is -2.16. The van der Waals surface area contributed by atoms with Gasteiger partial charge in [0.1, 0.15) is 5.75 Å². The molecule has 1 rings (SSSR count). The minimum absolute atomic E-state index is 0.245. The number of likely N-dealkylation sites (N-methyl/N-ethyl adjacent to an activating group) is 1. The van der Waals surface area contributed by atoms with E-state index >= 15 is 0 Å². The molecule has 7 heteroatoms. The second-order valence-electron chi connectivity index (χ2n) is 4.74. The predicted molar refractivity (Wildman–Crippen MR) is 69.4 cm³/mol. The van der Waals surface area contributed by atoms with Crippen molar-refractivity contribution < 1.29 is 23.0 Å². The third-order valence-electron chi connectivity index (χ3n) is 2.42. The van der Waals surface area contributed by atoms with Gasteiger partial charge in [-0.25, -0.2) is 0 Å². The van der Waals surface area contributed by atoms with Gasteiger partial charge in [-0.2, -0.15) is 0 Å². The van der Waals surface area contributed by atoms with Crippen molar-refractivity contribution in [3.05, 3.63) is 29.8 Å². The summed E-state index contributed by atoms with van der Waals surface area (Å²) in [6, 6.07) is 5.75. The third kappa shape index (κ3) is 7.32. The molecule has 0 saturated carbocycles. The molecule has 2 N–H and O–H groups in total. The molecule has 20 heavy (non-hydrogen) atoms. The van der Waals surface area contributed by atoms with Crippen LogP contribution < -0.4 is 10.1 Å². The molecule has 0 radical (unpaired) electrons. The Morgan fingerprint density at radius 3 is 2.65 bits per heavy atom. The van der Waals surface area contributed by atoms with Crippen LogP contribution in [0.4, 0.5) is 13.2 Å². The Kier molecular flexibility index (Phi) is 6.25. The lowest BCUT2D eigenvalue weighted by molar-refractivity contribution is -0.274. The fourth-order valence-corrected chi connectivity index (χ4v) is 1.72. The fraction of sp³-hybridized carbons (Fsp3) is 0.538. The molecule has 0 aliphatic heterocycles. The number of nitrogens with one attached hydrogen (secondary N) is 1. The molecular formula is C13H19F3N2O2. The van der Waals surface area contributed by atoms with E-state index in [4.69, 9.17) is 0 Å². The summed E-state index contributed by atoms with van der Waals surface area (Å²) in [4.78, 5) is 1.85. The number of aliphatic hydroxyl groups is 1. The van der Waals surface area contributed by atoms with Crippen LogP contribution in [-0.4, -0.2) is 49.7 Å². The molecule has 0 fully saturated rings. The topological polar surface area (TPSA) is 44.7 Å². The molecule has 0 aliphatic rings. The van der Waals surface area contributed by atoms with Crippen LogP contribution in [0.15, 0.2) is 24.3 Å². The van der Waals surface area contributed by atoms with Crippen LogP contribution in [0.1, 0.15) is 5.56 Å². The average Bonchev–Trinajstić information content (AvgIpc) is 2.25. The summed E-state index contributed by atoms with van der Waals surface area (Å²) in [7, 11) is 3.70. The van der Waals surface area contributed by atoms with Crippen LogP contribution in [0.25, 0.3) is 0 Å². The number of ether oxygens (including phenoxy) is 1. The van der Waals surface area contributed by atoms with Crippen LogP contribution in [0, 0.1) is 0 Å². The van der Waals surface area contributed by atoms with Gasteiger partial charge in [-0.1, -0.05) is 12.1 Å². The second kappa shape index (κ2) is 7.47. The molecule has 0 amide bonds. The quantitative estimate of drug-likeness (QED) is 0.801. The number of aliphatic hydroxyl groups excluding tert-OH is 1. The van der Waals surface area contributed by atoms with Crippen molar-refractivity contribution >= 4 is 0 Å². The van der Waals surface area contributed by atoms with E-state index in [0.717, 1.165) is 0 Å². The number of benzene rings is 1. The zero-order valence-electron chi connectivity index (χ0n) is 11.4. The molecule has 0 heterocycles. The Hall–Kier alpha value is -1.31. The maximum Gasteiger partial charge on any atom is 0.573 e. The number of nitrogens with zero attached hydrogens (tertiary/aromatic N) is 1. The molecule has 1 atom stereocenters. The van der Waals surface area contributed by atoms with Gasteiger partial charge in [0.15, 0.2) is 0 Å². The van der Waals surface area contributed by atoms with E-state index in [1.165, 1.54) is 18.2 Å². The smallest absolute Gasteiger partial charge is 0.406 e. The zero-order chi connectivity index (χ0) is 15.2. The summed E-state index contributed by atoms with van der Waals surface area (Å²) < 4.78 is 40.1. The Labute approximate surface area is 116 Å². The van der Waals surface area contributed by atoms with Crippen LogP contribution >= 0.6 is 0 Å². The molecule has 1 aromatic carbocycles. The Morgan fingerprint density at radius 1 is 1.35 bits per heavy atom. The molecule has 1 aromatic rings. The monoisotopic (exact) mass is 292 g/mol. The van der Waals surface area contributed by atoms with Crippen molar-refractivity contribution in [3.8, 4) is 5.75 Å². The van der Waals surface area contributed by atoms with E-state index in [1.54, 1.807) is 6.07 Å². The lowest BCUT2D eigenvalue weighted by Crippen LogP contribution is -2.34. The lowest BCUT2D eigenvalue weighted by atomic mass is 10.2.